The maximum atomic E-state index is 12.6. The first kappa shape index (κ1) is 18.4. The Morgan fingerprint density at radius 3 is 2.50 bits per heavy atom. The summed E-state index contributed by atoms with van der Waals surface area (Å²) in [5, 5.41) is 10.5. The van der Waals surface area contributed by atoms with Crippen LogP contribution in [0.5, 0.6) is 0 Å². The maximum absolute atomic E-state index is 12.6. The monoisotopic (exact) mass is 391 g/mol. The Balaban J connectivity index is 1.71. The highest BCUT2D eigenvalue weighted by molar-refractivity contribution is 8.02. The number of amides is 2. The molecule has 0 saturated carbocycles. The van der Waals surface area contributed by atoms with Crippen molar-refractivity contribution in [1.29, 1.82) is 0 Å². The molecule has 1 atom stereocenters. The quantitative estimate of drug-likeness (QED) is 0.682. The lowest BCUT2D eigenvalue weighted by molar-refractivity contribution is -0.130. The van der Waals surface area contributed by atoms with Crippen LogP contribution in [0.15, 0.2) is 58.3 Å². The standard InChI is InChI=1S/C17H17N3O4S2/c1-17(16(22)20-13-4-2-3-5-14(13)25-17)15(21)19-10-11-6-8-12(9-7-11)26(18,23)24/h2-9H,10H2,1H3,(H,19,21)(H,20,22)(H2,18,23,24). The number of primary sulfonamides is 1. The number of nitrogens with one attached hydrogen (secondary N) is 2. The predicted molar refractivity (Wildman–Crippen MR) is 99.0 cm³/mol. The molecule has 26 heavy (non-hydrogen) atoms. The van der Waals surface area contributed by atoms with Crippen LogP contribution in [0.2, 0.25) is 0 Å². The Morgan fingerprint density at radius 2 is 1.85 bits per heavy atom. The first-order valence-electron chi connectivity index (χ1n) is 7.70. The Morgan fingerprint density at radius 1 is 1.19 bits per heavy atom. The Labute approximate surface area is 155 Å². The fraction of sp³-hybridized carbons (Fsp3) is 0.176. The maximum Gasteiger partial charge on any atom is 0.250 e. The highest BCUT2D eigenvalue weighted by Crippen LogP contribution is 2.42. The lowest BCUT2D eigenvalue weighted by atomic mass is 10.1. The molecule has 2 amide bonds. The second kappa shape index (κ2) is 6.75. The number of para-hydroxylation sites is 1. The van der Waals surface area contributed by atoms with Crippen molar-refractivity contribution in [3.05, 3.63) is 54.1 Å². The van der Waals surface area contributed by atoms with Crippen molar-refractivity contribution in [2.45, 2.75) is 28.0 Å². The first-order valence-corrected chi connectivity index (χ1v) is 10.1. The normalized spacial score (nSPS) is 19.4. The molecule has 0 bridgehead atoms. The summed E-state index contributed by atoms with van der Waals surface area (Å²) in [5.74, 6) is -0.812. The van der Waals surface area contributed by atoms with Gasteiger partial charge in [-0.1, -0.05) is 36.0 Å². The first-order chi connectivity index (χ1) is 12.2. The molecule has 1 heterocycles. The number of carbonyl (C=O) groups is 2. The van der Waals surface area contributed by atoms with Crippen LogP contribution in [0.3, 0.4) is 0 Å². The van der Waals surface area contributed by atoms with Crippen LogP contribution in [0, 0.1) is 0 Å². The number of fused-ring (bicyclic) bond motifs is 1. The van der Waals surface area contributed by atoms with Crippen LogP contribution in [0.4, 0.5) is 5.69 Å². The van der Waals surface area contributed by atoms with E-state index in [1.54, 1.807) is 25.1 Å². The zero-order valence-corrected chi connectivity index (χ0v) is 15.5. The predicted octanol–water partition coefficient (Wildman–Crippen LogP) is 1.45. The topological polar surface area (TPSA) is 118 Å². The molecule has 7 nitrogen and oxygen atoms in total. The van der Waals surface area contributed by atoms with Crippen molar-refractivity contribution >= 4 is 39.3 Å². The van der Waals surface area contributed by atoms with Gasteiger partial charge in [0.05, 0.1) is 10.6 Å². The summed E-state index contributed by atoms with van der Waals surface area (Å²) in [7, 11) is -3.76. The number of hydrogen-bond donors (Lipinski definition) is 3. The zero-order chi connectivity index (χ0) is 18.9. The zero-order valence-electron chi connectivity index (χ0n) is 13.9. The number of hydrogen-bond acceptors (Lipinski definition) is 5. The third kappa shape index (κ3) is 3.59. The summed E-state index contributed by atoms with van der Waals surface area (Å²) in [4.78, 5) is 25.9. The van der Waals surface area contributed by atoms with Gasteiger partial charge in [-0.2, -0.15) is 0 Å². The molecular weight excluding hydrogens is 374 g/mol. The van der Waals surface area contributed by atoms with Crippen molar-refractivity contribution in [2.75, 3.05) is 5.32 Å². The third-order valence-electron chi connectivity index (χ3n) is 4.02. The summed E-state index contributed by atoms with van der Waals surface area (Å²) < 4.78 is 21.2. The van der Waals surface area contributed by atoms with Gasteiger partial charge in [0.25, 0.3) is 0 Å². The van der Waals surface area contributed by atoms with Gasteiger partial charge in [-0.05, 0) is 36.8 Å². The molecule has 0 radical (unpaired) electrons. The largest absolute Gasteiger partial charge is 0.350 e. The number of sulfonamides is 1. The molecule has 136 valence electrons. The Hall–Kier alpha value is -2.36. The second-order valence-corrected chi connectivity index (χ2v) is 8.98. The van der Waals surface area contributed by atoms with Crippen molar-refractivity contribution in [3.8, 4) is 0 Å². The summed E-state index contributed by atoms with van der Waals surface area (Å²) in [6, 6.07) is 13.1. The average molecular weight is 391 g/mol. The summed E-state index contributed by atoms with van der Waals surface area (Å²) in [6.45, 7) is 1.73. The molecule has 9 heteroatoms. The van der Waals surface area contributed by atoms with E-state index < -0.39 is 20.7 Å². The van der Waals surface area contributed by atoms with E-state index in [1.165, 1.54) is 23.9 Å². The van der Waals surface area contributed by atoms with Gasteiger partial charge in [-0.3, -0.25) is 9.59 Å². The highest BCUT2D eigenvalue weighted by atomic mass is 32.2. The van der Waals surface area contributed by atoms with Crippen LogP contribution in [0.25, 0.3) is 0 Å². The van der Waals surface area contributed by atoms with Gasteiger partial charge in [-0.25, -0.2) is 13.6 Å². The molecule has 1 aliphatic rings. The van der Waals surface area contributed by atoms with Crippen molar-refractivity contribution < 1.29 is 18.0 Å². The molecule has 3 rings (SSSR count). The van der Waals surface area contributed by atoms with E-state index in [2.05, 4.69) is 10.6 Å². The molecule has 2 aromatic carbocycles. The molecule has 0 aliphatic carbocycles. The van der Waals surface area contributed by atoms with Crippen LogP contribution in [-0.2, 0) is 26.2 Å². The fourth-order valence-electron chi connectivity index (χ4n) is 2.46. The van der Waals surface area contributed by atoms with Gasteiger partial charge in [0.2, 0.25) is 21.8 Å². The van der Waals surface area contributed by atoms with Crippen molar-refractivity contribution in [2.24, 2.45) is 5.14 Å². The Kier molecular flexibility index (Phi) is 4.78. The molecular formula is C17H17N3O4S2. The van der Waals surface area contributed by atoms with E-state index in [0.29, 0.717) is 11.3 Å². The van der Waals surface area contributed by atoms with Gasteiger partial charge in [0.15, 0.2) is 4.75 Å². The van der Waals surface area contributed by atoms with E-state index in [0.717, 1.165) is 4.90 Å². The molecule has 0 spiro atoms. The third-order valence-corrected chi connectivity index (χ3v) is 6.31. The minimum atomic E-state index is -3.76. The number of anilines is 1. The fourth-order valence-corrected chi connectivity index (χ4v) is 4.10. The molecule has 4 N–H and O–H groups in total. The molecule has 1 unspecified atom stereocenters. The minimum absolute atomic E-state index is 0.00152. The van der Waals surface area contributed by atoms with Gasteiger partial charge in [0, 0.05) is 11.4 Å². The van der Waals surface area contributed by atoms with E-state index in [9.17, 15) is 18.0 Å². The number of benzene rings is 2. The number of rotatable bonds is 4. The smallest absolute Gasteiger partial charge is 0.250 e. The van der Waals surface area contributed by atoms with Crippen molar-refractivity contribution in [1.82, 2.24) is 5.32 Å². The van der Waals surface area contributed by atoms with Crippen LogP contribution >= 0.6 is 11.8 Å². The number of nitrogens with two attached hydrogens (primary N) is 1. The number of thioether (sulfide) groups is 1. The second-order valence-electron chi connectivity index (χ2n) is 5.96. The summed E-state index contributed by atoms with van der Waals surface area (Å²) >= 11 is 1.20. The van der Waals surface area contributed by atoms with E-state index in [-0.39, 0.29) is 17.3 Å². The summed E-state index contributed by atoms with van der Waals surface area (Å²) in [6.07, 6.45) is 0. The minimum Gasteiger partial charge on any atom is -0.350 e. The molecule has 0 fully saturated rings. The van der Waals surface area contributed by atoms with Crippen LogP contribution in [-0.4, -0.2) is 25.0 Å². The van der Waals surface area contributed by atoms with Gasteiger partial charge < -0.3 is 10.6 Å². The molecule has 0 aromatic heterocycles. The SMILES string of the molecule is CC1(C(=O)NCc2ccc(S(N)(=O)=O)cc2)Sc2ccccc2NC1=O. The lowest BCUT2D eigenvalue weighted by Gasteiger charge is -2.31. The molecule has 0 saturated heterocycles. The van der Waals surface area contributed by atoms with Crippen molar-refractivity contribution in [3.63, 3.8) is 0 Å². The van der Waals surface area contributed by atoms with Gasteiger partial charge >= 0.3 is 0 Å². The average Bonchev–Trinajstić information content (AvgIpc) is 2.60. The van der Waals surface area contributed by atoms with Gasteiger partial charge in [0.1, 0.15) is 0 Å². The van der Waals surface area contributed by atoms with Crippen LogP contribution < -0.4 is 15.8 Å². The molecule has 1 aliphatic heterocycles. The highest BCUT2D eigenvalue weighted by Gasteiger charge is 2.45. The van der Waals surface area contributed by atoms with E-state index in [4.69, 9.17) is 5.14 Å². The summed E-state index contributed by atoms with van der Waals surface area (Å²) in [5.41, 5.74) is 1.38. The molecule has 2 aromatic rings. The number of carbonyl (C=O) groups excluding carboxylic acids is 2. The Bertz CT molecular complexity index is 974. The van der Waals surface area contributed by atoms with Crippen LogP contribution in [0.1, 0.15) is 12.5 Å². The lowest BCUT2D eigenvalue weighted by Crippen LogP contribution is -2.51. The van der Waals surface area contributed by atoms with E-state index >= 15 is 0 Å². The van der Waals surface area contributed by atoms with Gasteiger partial charge in [-0.15, -0.1) is 0 Å². The van der Waals surface area contributed by atoms with E-state index in [1.807, 2.05) is 18.2 Å².